The third kappa shape index (κ3) is 1.72. The highest BCUT2D eigenvalue weighted by molar-refractivity contribution is 6.18. The fraction of sp³-hybridized carbons (Fsp3) is 0.250. The minimum Gasteiger partial charge on any atom is -0.227 e. The summed E-state index contributed by atoms with van der Waals surface area (Å²) in [5, 5.41) is 11.0. The molecule has 0 aliphatic heterocycles. The van der Waals surface area contributed by atoms with Crippen LogP contribution in [-0.4, -0.2) is 5.88 Å². The molecule has 0 spiro atoms. The molecule has 2 heteroatoms. The molecule has 0 bridgehead atoms. The largest absolute Gasteiger partial charge is 0.227 e. The minimum atomic E-state index is -0.775. The number of alkyl halides is 1. The van der Waals surface area contributed by atoms with E-state index in [0.717, 1.165) is 5.56 Å². The Bertz CT molecular complexity index is 186. The topological polar surface area (TPSA) is 19.9 Å². The van der Waals surface area contributed by atoms with Crippen LogP contribution >= 0.6 is 11.6 Å². The van der Waals surface area contributed by atoms with Crippen molar-refractivity contribution >= 4 is 11.6 Å². The van der Waals surface area contributed by atoms with Crippen LogP contribution in [-0.2, 0) is 5.11 Å². The number of rotatable bonds is 2. The van der Waals surface area contributed by atoms with Gasteiger partial charge in [-0.15, -0.1) is 11.6 Å². The van der Waals surface area contributed by atoms with E-state index in [1.165, 1.54) is 0 Å². The summed E-state index contributed by atoms with van der Waals surface area (Å²) in [4.78, 5) is 0. The molecule has 0 amide bonds. The molecule has 10 heavy (non-hydrogen) atoms. The SMILES string of the molecule is [O]C(CCl)c1ccccc1. The first-order valence-corrected chi connectivity index (χ1v) is 3.65. The van der Waals surface area contributed by atoms with Gasteiger partial charge in [0, 0.05) is 0 Å². The van der Waals surface area contributed by atoms with Gasteiger partial charge in [-0.1, -0.05) is 30.3 Å². The van der Waals surface area contributed by atoms with Crippen LogP contribution in [0, 0.1) is 0 Å². The van der Waals surface area contributed by atoms with Crippen molar-refractivity contribution in [1.29, 1.82) is 0 Å². The average molecular weight is 156 g/mol. The van der Waals surface area contributed by atoms with Gasteiger partial charge in [0.15, 0.2) is 0 Å². The standard InChI is InChI=1S/C8H8ClO/c9-6-8(10)7-4-2-1-3-5-7/h1-5,8H,6H2. The molecule has 53 valence electrons. The molecular formula is C8H8ClO. The summed E-state index contributed by atoms with van der Waals surface area (Å²) < 4.78 is 0. The second kappa shape index (κ2) is 3.59. The van der Waals surface area contributed by atoms with E-state index in [0.29, 0.717) is 0 Å². The van der Waals surface area contributed by atoms with Crippen molar-refractivity contribution in [2.45, 2.75) is 6.10 Å². The molecule has 1 aromatic carbocycles. The third-order valence-electron chi connectivity index (χ3n) is 1.31. The highest BCUT2D eigenvalue weighted by Gasteiger charge is 2.04. The molecule has 0 N–H and O–H groups in total. The normalized spacial score (nSPS) is 13.0. The van der Waals surface area contributed by atoms with Crippen molar-refractivity contribution < 1.29 is 5.11 Å². The molecule has 1 unspecified atom stereocenters. The van der Waals surface area contributed by atoms with Gasteiger partial charge in [0.25, 0.3) is 0 Å². The number of hydrogen-bond acceptors (Lipinski definition) is 0. The van der Waals surface area contributed by atoms with Gasteiger partial charge in [0.1, 0.15) is 6.10 Å². The quantitative estimate of drug-likeness (QED) is 0.585. The summed E-state index contributed by atoms with van der Waals surface area (Å²) in [7, 11) is 0. The van der Waals surface area contributed by atoms with Gasteiger partial charge in [-0.2, -0.15) is 0 Å². The fourth-order valence-corrected chi connectivity index (χ4v) is 0.935. The zero-order chi connectivity index (χ0) is 7.40. The molecule has 1 nitrogen and oxygen atoms in total. The van der Waals surface area contributed by atoms with Crippen LogP contribution in [0.15, 0.2) is 30.3 Å². The fourth-order valence-electron chi connectivity index (χ4n) is 0.757. The van der Waals surface area contributed by atoms with Crippen LogP contribution in [0.5, 0.6) is 0 Å². The summed E-state index contributed by atoms with van der Waals surface area (Å²) >= 11 is 5.37. The summed E-state index contributed by atoms with van der Waals surface area (Å²) in [5.41, 5.74) is 0.762. The first kappa shape index (κ1) is 7.58. The highest BCUT2D eigenvalue weighted by atomic mass is 35.5. The van der Waals surface area contributed by atoms with Gasteiger partial charge < -0.3 is 0 Å². The highest BCUT2D eigenvalue weighted by Crippen LogP contribution is 2.13. The van der Waals surface area contributed by atoms with E-state index in [1.54, 1.807) is 12.1 Å². The monoisotopic (exact) mass is 155 g/mol. The predicted molar refractivity (Wildman–Crippen MR) is 40.6 cm³/mol. The zero-order valence-corrected chi connectivity index (χ0v) is 6.21. The maximum Gasteiger partial charge on any atom is 0.131 e. The van der Waals surface area contributed by atoms with Crippen LogP contribution in [0.4, 0.5) is 0 Å². The molecule has 0 saturated carbocycles. The smallest absolute Gasteiger partial charge is 0.131 e. The van der Waals surface area contributed by atoms with Crippen LogP contribution < -0.4 is 0 Å². The lowest BCUT2D eigenvalue weighted by Gasteiger charge is -2.01. The average Bonchev–Trinajstić information content (AvgIpc) is 2.05. The van der Waals surface area contributed by atoms with Crippen molar-refractivity contribution in [2.75, 3.05) is 5.88 Å². The van der Waals surface area contributed by atoms with Gasteiger partial charge in [0.05, 0.1) is 5.88 Å². The molecular weight excluding hydrogens is 148 g/mol. The van der Waals surface area contributed by atoms with Gasteiger partial charge in [-0.05, 0) is 5.56 Å². The van der Waals surface area contributed by atoms with Gasteiger partial charge >= 0.3 is 0 Å². The molecule has 1 radical (unpaired) electrons. The molecule has 1 aromatic rings. The van der Waals surface area contributed by atoms with Gasteiger partial charge in [-0.3, -0.25) is 0 Å². The number of benzene rings is 1. The van der Waals surface area contributed by atoms with E-state index >= 15 is 0 Å². The van der Waals surface area contributed by atoms with Crippen molar-refractivity contribution in [3.63, 3.8) is 0 Å². The van der Waals surface area contributed by atoms with E-state index in [9.17, 15) is 5.11 Å². The molecule has 0 aliphatic rings. The molecule has 0 heterocycles. The lowest BCUT2D eigenvalue weighted by atomic mass is 10.1. The first-order chi connectivity index (χ1) is 4.84. The van der Waals surface area contributed by atoms with E-state index in [2.05, 4.69) is 0 Å². The lowest BCUT2D eigenvalue weighted by Crippen LogP contribution is -1.94. The molecule has 0 aromatic heterocycles. The summed E-state index contributed by atoms with van der Waals surface area (Å²) in [6.45, 7) is 0. The predicted octanol–water partition coefficient (Wildman–Crippen LogP) is 2.40. The number of halogens is 1. The van der Waals surface area contributed by atoms with E-state index in [1.807, 2.05) is 18.2 Å². The zero-order valence-electron chi connectivity index (χ0n) is 5.46. The van der Waals surface area contributed by atoms with E-state index in [-0.39, 0.29) is 5.88 Å². The Balaban J connectivity index is 2.75. The Kier molecular flexibility index (Phi) is 2.72. The molecule has 0 fully saturated rings. The Morgan fingerprint density at radius 3 is 2.40 bits per heavy atom. The molecule has 1 rings (SSSR count). The van der Waals surface area contributed by atoms with Crippen molar-refractivity contribution in [3.8, 4) is 0 Å². The minimum absolute atomic E-state index is 0.143. The first-order valence-electron chi connectivity index (χ1n) is 3.11. The van der Waals surface area contributed by atoms with Gasteiger partial charge in [-0.25, -0.2) is 5.11 Å². The second-order valence-electron chi connectivity index (χ2n) is 2.05. The Hall–Kier alpha value is -0.530. The Labute approximate surface area is 65.3 Å². The second-order valence-corrected chi connectivity index (χ2v) is 2.36. The summed E-state index contributed by atoms with van der Waals surface area (Å²) in [6.07, 6.45) is -0.775. The van der Waals surface area contributed by atoms with Crippen molar-refractivity contribution in [1.82, 2.24) is 0 Å². The van der Waals surface area contributed by atoms with E-state index in [4.69, 9.17) is 11.6 Å². The van der Waals surface area contributed by atoms with Crippen LogP contribution in [0.25, 0.3) is 0 Å². The van der Waals surface area contributed by atoms with Crippen molar-refractivity contribution in [2.24, 2.45) is 0 Å². The van der Waals surface area contributed by atoms with Crippen LogP contribution in [0.3, 0.4) is 0 Å². The molecule has 1 atom stereocenters. The third-order valence-corrected chi connectivity index (χ3v) is 1.59. The Morgan fingerprint density at radius 1 is 1.30 bits per heavy atom. The summed E-state index contributed by atoms with van der Waals surface area (Å²) in [5.74, 6) is 0.143. The van der Waals surface area contributed by atoms with E-state index < -0.39 is 6.10 Å². The van der Waals surface area contributed by atoms with Crippen LogP contribution in [0.1, 0.15) is 11.7 Å². The summed E-state index contributed by atoms with van der Waals surface area (Å²) in [6, 6.07) is 9.14. The maximum absolute atomic E-state index is 11.0. The number of hydrogen-bond donors (Lipinski definition) is 0. The van der Waals surface area contributed by atoms with Gasteiger partial charge in [0.2, 0.25) is 0 Å². The maximum atomic E-state index is 11.0. The van der Waals surface area contributed by atoms with Crippen LogP contribution in [0.2, 0.25) is 0 Å². The Morgan fingerprint density at radius 2 is 1.90 bits per heavy atom. The lowest BCUT2D eigenvalue weighted by molar-refractivity contribution is 0.109. The molecule has 0 saturated heterocycles. The molecule has 0 aliphatic carbocycles. The van der Waals surface area contributed by atoms with Crippen molar-refractivity contribution in [3.05, 3.63) is 35.9 Å².